The summed E-state index contributed by atoms with van der Waals surface area (Å²) < 4.78 is 26.0. The number of rotatable bonds is 5. The van der Waals surface area contributed by atoms with Gasteiger partial charge in [-0.3, -0.25) is 9.78 Å². The van der Waals surface area contributed by atoms with Crippen LogP contribution in [0.25, 0.3) is 10.1 Å². The molecular formula is C19H14N4O3S2. The zero-order chi connectivity index (χ0) is 19.6. The second-order valence-electron chi connectivity index (χ2n) is 5.86. The highest BCUT2D eigenvalue weighted by Gasteiger charge is 2.18. The third kappa shape index (κ3) is 3.62. The standard InChI is InChI=1S/C19H14N4O3S2/c24-19(16-8-13-6-7-20-11-17(13)27-16)23-12-18-21-9-15(10-22-18)28(25,26)14-4-2-1-3-5-14/h1-11H,12H2,(H,23,24). The van der Waals surface area contributed by atoms with Crippen LogP contribution in [0.15, 0.2) is 77.0 Å². The van der Waals surface area contributed by atoms with Crippen molar-refractivity contribution in [3.8, 4) is 0 Å². The van der Waals surface area contributed by atoms with Crippen LogP contribution in [0.2, 0.25) is 0 Å². The number of thiophene rings is 1. The maximum absolute atomic E-state index is 12.5. The van der Waals surface area contributed by atoms with Crippen molar-refractivity contribution in [2.24, 2.45) is 0 Å². The molecule has 0 spiro atoms. The summed E-state index contributed by atoms with van der Waals surface area (Å²) in [6, 6.07) is 11.7. The van der Waals surface area contributed by atoms with E-state index in [9.17, 15) is 13.2 Å². The number of nitrogens with zero attached hydrogens (tertiary/aromatic N) is 3. The van der Waals surface area contributed by atoms with E-state index in [0.717, 1.165) is 10.1 Å². The molecule has 4 aromatic rings. The van der Waals surface area contributed by atoms with Gasteiger partial charge in [0.15, 0.2) is 0 Å². The van der Waals surface area contributed by atoms with Gasteiger partial charge in [-0.15, -0.1) is 11.3 Å². The topological polar surface area (TPSA) is 102 Å². The lowest BCUT2D eigenvalue weighted by Gasteiger charge is -2.05. The van der Waals surface area contributed by atoms with Crippen molar-refractivity contribution in [2.75, 3.05) is 0 Å². The number of hydrogen-bond donors (Lipinski definition) is 1. The van der Waals surface area contributed by atoms with E-state index in [2.05, 4.69) is 20.3 Å². The minimum atomic E-state index is -3.66. The highest BCUT2D eigenvalue weighted by atomic mass is 32.2. The van der Waals surface area contributed by atoms with Gasteiger partial charge < -0.3 is 5.32 Å². The first-order chi connectivity index (χ1) is 13.5. The number of nitrogens with one attached hydrogen (secondary N) is 1. The van der Waals surface area contributed by atoms with Gasteiger partial charge in [-0.2, -0.15) is 0 Å². The molecule has 9 heteroatoms. The molecule has 1 amide bonds. The molecule has 28 heavy (non-hydrogen) atoms. The van der Waals surface area contributed by atoms with Crippen LogP contribution in [-0.4, -0.2) is 29.3 Å². The molecule has 3 heterocycles. The fraction of sp³-hybridized carbons (Fsp3) is 0.0526. The van der Waals surface area contributed by atoms with Crippen molar-refractivity contribution in [1.29, 1.82) is 0 Å². The average Bonchev–Trinajstić information content (AvgIpc) is 3.17. The third-order valence-corrected chi connectivity index (χ3v) is 6.81. The second-order valence-corrected chi connectivity index (χ2v) is 8.89. The second kappa shape index (κ2) is 7.45. The van der Waals surface area contributed by atoms with E-state index in [-0.39, 0.29) is 22.2 Å². The minimum absolute atomic E-state index is 0.00535. The number of pyridine rings is 1. The monoisotopic (exact) mass is 410 g/mol. The van der Waals surface area contributed by atoms with Crippen LogP contribution in [0, 0.1) is 0 Å². The molecule has 1 aromatic carbocycles. The molecule has 0 saturated heterocycles. The Labute approximate surface area is 165 Å². The largest absolute Gasteiger partial charge is 0.344 e. The summed E-state index contributed by atoms with van der Waals surface area (Å²) >= 11 is 1.35. The zero-order valence-corrected chi connectivity index (χ0v) is 16.1. The van der Waals surface area contributed by atoms with Crippen LogP contribution in [0.1, 0.15) is 15.5 Å². The predicted molar refractivity (Wildman–Crippen MR) is 105 cm³/mol. The van der Waals surface area contributed by atoms with Gasteiger partial charge >= 0.3 is 0 Å². The maximum atomic E-state index is 12.5. The molecule has 0 aliphatic heterocycles. The Hall–Kier alpha value is -3.17. The molecule has 3 aromatic heterocycles. The number of sulfone groups is 1. The molecule has 7 nitrogen and oxygen atoms in total. The summed E-state index contributed by atoms with van der Waals surface area (Å²) in [4.78, 5) is 25.2. The lowest BCUT2D eigenvalue weighted by atomic mass is 10.3. The molecular weight excluding hydrogens is 396 g/mol. The lowest BCUT2D eigenvalue weighted by Crippen LogP contribution is -2.23. The van der Waals surface area contributed by atoms with Gasteiger partial charge in [0.25, 0.3) is 5.91 Å². The number of aromatic nitrogens is 3. The molecule has 1 N–H and O–H groups in total. The van der Waals surface area contributed by atoms with Crippen molar-refractivity contribution in [3.63, 3.8) is 0 Å². The van der Waals surface area contributed by atoms with Crippen LogP contribution < -0.4 is 5.32 Å². The Kier molecular flexibility index (Phi) is 4.84. The third-order valence-electron chi connectivity index (χ3n) is 4.00. The molecule has 4 rings (SSSR count). The first-order valence-electron chi connectivity index (χ1n) is 8.27. The number of benzene rings is 1. The van der Waals surface area contributed by atoms with Crippen molar-refractivity contribution in [3.05, 3.63) is 78.0 Å². The van der Waals surface area contributed by atoms with E-state index in [0.29, 0.717) is 10.7 Å². The van der Waals surface area contributed by atoms with Gasteiger partial charge in [-0.05, 0) is 29.7 Å². The highest BCUT2D eigenvalue weighted by molar-refractivity contribution is 7.91. The van der Waals surface area contributed by atoms with Gasteiger partial charge in [0.1, 0.15) is 10.7 Å². The van der Waals surface area contributed by atoms with E-state index in [1.54, 1.807) is 36.7 Å². The van der Waals surface area contributed by atoms with Crippen molar-refractivity contribution >= 4 is 37.2 Å². The predicted octanol–water partition coefficient (Wildman–Crippen LogP) is 2.85. The molecule has 0 aliphatic carbocycles. The van der Waals surface area contributed by atoms with Gasteiger partial charge in [-0.1, -0.05) is 18.2 Å². The van der Waals surface area contributed by atoms with Crippen LogP contribution in [0.5, 0.6) is 0 Å². The van der Waals surface area contributed by atoms with Gasteiger partial charge in [-0.25, -0.2) is 18.4 Å². The number of hydrogen-bond acceptors (Lipinski definition) is 7. The van der Waals surface area contributed by atoms with E-state index >= 15 is 0 Å². The zero-order valence-electron chi connectivity index (χ0n) is 14.4. The molecule has 0 atom stereocenters. The van der Waals surface area contributed by atoms with Crippen LogP contribution in [0.3, 0.4) is 0 Å². The Bertz CT molecular complexity index is 1200. The Morgan fingerprint density at radius 1 is 1.00 bits per heavy atom. The summed E-state index contributed by atoms with van der Waals surface area (Å²) in [5, 5.41) is 3.70. The van der Waals surface area contributed by atoms with E-state index in [1.165, 1.54) is 35.9 Å². The maximum Gasteiger partial charge on any atom is 0.261 e. The number of carbonyl (C=O) groups excluding carboxylic acids is 1. The molecule has 140 valence electrons. The average molecular weight is 410 g/mol. The quantitative estimate of drug-likeness (QED) is 0.543. The summed E-state index contributed by atoms with van der Waals surface area (Å²) in [6.45, 7) is 0.0942. The lowest BCUT2D eigenvalue weighted by molar-refractivity contribution is 0.0954. The molecule has 0 fully saturated rings. The summed E-state index contributed by atoms with van der Waals surface area (Å²) in [6.07, 6.45) is 5.89. The summed E-state index contributed by atoms with van der Waals surface area (Å²) in [5.74, 6) is 0.0777. The fourth-order valence-electron chi connectivity index (χ4n) is 2.55. The van der Waals surface area contributed by atoms with E-state index in [4.69, 9.17) is 0 Å². The van der Waals surface area contributed by atoms with Crippen LogP contribution in [-0.2, 0) is 16.4 Å². The normalized spacial score (nSPS) is 11.4. The summed E-state index contributed by atoms with van der Waals surface area (Å²) in [7, 11) is -3.66. The van der Waals surface area contributed by atoms with E-state index in [1.807, 2.05) is 6.07 Å². The van der Waals surface area contributed by atoms with Crippen LogP contribution >= 0.6 is 11.3 Å². The molecule has 0 unspecified atom stereocenters. The van der Waals surface area contributed by atoms with E-state index < -0.39 is 9.84 Å². The van der Waals surface area contributed by atoms with Gasteiger partial charge in [0.05, 0.1) is 21.0 Å². The number of fused-ring (bicyclic) bond motifs is 1. The molecule has 0 radical (unpaired) electrons. The Balaban J connectivity index is 1.45. The van der Waals surface area contributed by atoms with Crippen molar-refractivity contribution < 1.29 is 13.2 Å². The first kappa shape index (κ1) is 18.2. The smallest absolute Gasteiger partial charge is 0.261 e. The first-order valence-corrected chi connectivity index (χ1v) is 10.6. The SMILES string of the molecule is O=C(NCc1ncc(S(=O)(=O)c2ccccc2)cn1)c1cc2ccncc2s1. The van der Waals surface area contributed by atoms with Crippen molar-refractivity contribution in [2.45, 2.75) is 16.3 Å². The molecule has 0 bridgehead atoms. The Morgan fingerprint density at radius 2 is 1.75 bits per heavy atom. The molecule has 0 saturated carbocycles. The van der Waals surface area contributed by atoms with Crippen LogP contribution in [0.4, 0.5) is 0 Å². The fourth-order valence-corrected chi connectivity index (χ4v) is 4.67. The van der Waals surface area contributed by atoms with Crippen molar-refractivity contribution in [1.82, 2.24) is 20.3 Å². The minimum Gasteiger partial charge on any atom is -0.344 e. The number of amides is 1. The summed E-state index contributed by atoms with van der Waals surface area (Å²) in [5.41, 5.74) is 0. The number of carbonyl (C=O) groups is 1. The van der Waals surface area contributed by atoms with Gasteiger partial charge in [0.2, 0.25) is 9.84 Å². The molecule has 0 aliphatic rings. The van der Waals surface area contributed by atoms with Gasteiger partial charge in [0, 0.05) is 24.8 Å². The highest BCUT2D eigenvalue weighted by Crippen LogP contribution is 2.24. The Morgan fingerprint density at radius 3 is 2.46 bits per heavy atom.